The Morgan fingerprint density at radius 3 is 2.39 bits per heavy atom. The van der Waals surface area contributed by atoms with Gasteiger partial charge in [-0.15, -0.1) is 0 Å². The number of nitrogens with zero attached hydrogens (tertiary/aromatic N) is 2. The van der Waals surface area contributed by atoms with E-state index < -0.39 is 11.8 Å². The third kappa shape index (κ3) is 1.82. The maximum Gasteiger partial charge on any atom is 0.258 e. The van der Waals surface area contributed by atoms with Gasteiger partial charge in [-0.1, -0.05) is 12.6 Å². The number of carbonyl (C=O) groups excluding carboxylic acids is 2. The molecule has 0 atom stereocenters. The summed E-state index contributed by atoms with van der Waals surface area (Å²) >= 11 is 0. The largest absolute Gasteiger partial charge is 0.269 e. The van der Waals surface area contributed by atoms with Gasteiger partial charge >= 0.3 is 0 Å². The number of hydrogen-bond donors (Lipinski definition) is 0. The monoisotopic (exact) mass is 238 g/mol. The van der Waals surface area contributed by atoms with E-state index in [2.05, 4.69) is 6.58 Å². The van der Waals surface area contributed by atoms with Crippen molar-refractivity contribution in [2.75, 3.05) is 4.90 Å². The Labute approximate surface area is 104 Å². The van der Waals surface area contributed by atoms with Crippen molar-refractivity contribution in [1.82, 2.24) is 0 Å². The van der Waals surface area contributed by atoms with Gasteiger partial charge in [-0.3, -0.25) is 9.59 Å². The number of hydrogen-bond acceptors (Lipinski definition) is 3. The summed E-state index contributed by atoms with van der Waals surface area (Å²) in [6.45, 7) is 5.58. The number of carbonyl (C=O) groups is 2. The lowest BCUT2D eigenvalue weighted by Crippen LogP contribution is -2.29. The number of allylic oxidation sites excluding steroid dienone is 1. The van der Waals surface area contributed by atoms with Crippen molar-refractivity contribution >= 4 is 23.1 Å². The fourth-order valence-electron chi connectivity index (χ4n) is 1.79. The van der Waals surface area contributed by atoms with E-state index >= 15 is 0 Å². The third-order valence-corrected chi connectivity index (χ3v) is 2.65. The van der Waals surface area contributed by atoms with Crippen LogP contribution >= 0.6 is 0 Å². The molecular formula is C14H10N2O2. The predicted octanol–water partition coefficient (Wildman–Crippen LogP) is 2.02. The first kappa shape index (κ1) is 11.8. The van der Waals surface area contributed by atoms with E-state index in [-0.39, 0.29) is 0 Å². The quantitative estimate of drug-likeness (QED) is 0.740. The van der Waals surface area contributed by atoms with Gasteiger partial charge in [0, 0.05) is 12.2 Å². The minimum atomic E-state index is -0.396. The number of nitriles is 1. The highest BCUT2D eigenvalue weighted by atomic mass is 16.2. The molecule has 88 valence electrons. The number of rotatable bonds is 2. The van der Waals surface area contributed by atoms with Crippen molar-refractivity contribution in [2.24, 2.45) is 0 Å². The summed E-state index contributed by atoms with van der Waals surface area (Å²) in [5.74, 6) is -0.793. The minimum Gasteiger partial charge on any atom is -0.269 e. The molecule has 0 saturated heterocycles. The van der Waals surface area contributed by atoms with Crippen LogP contribution in [0.2, 0.25) is 0 Å². The van der Waals surface area contributed by atoms with Gasteiger partial charge < -0.3 is 0 Å². The zero-order valence-electron chi connectivity index (χ0n) is 9.80. The molecule has 2 amide bonds. The van der Waals surface area contributed by atoms with Crippen LogP contribution in [0, 0.1) is 11.3 Å². The molecule has 4 nitrogen and oxygen atoms in total. The summed E-state index contributed by atoms with van der Waals surface area (Å²) in [5.41, 5.74) is 2.27. The second kappa shape index (κ2) is 4.30. The standard InChI is InChI=1S/C14H10N2O2/c1-9(2)12-4-3-11(7-10(12)8-15)16-13(17)5-6-14(16)18/h3-7H,1H2,2H3. The van der Waals surface area contributed by atoms with Gasteiger partial charge in [0.1, 0.15) is 0 Å². The zero-order chi connectivity index (χ0) is 13.3. The lowest BCUT2D eigenvalue weighted by molar-refractivity contribution is -0.119. The molecule has 0 radical (unpaired) electrons. The van der Waals surface area contributed by atoms with Crippen LogP contribution < -0.4 is 4.90 Å². The summed E-state index contributed by atoms with van der Waals surface area (Å²) in [4.78, 5) is 24.1. The van der Waals surface area contributed by atoms with E-state index in [1.807, 2.05) is 6.07 Å². The van der Waals surface area contributed by atoms with Crippen molar-refractivity contribution < 1.29 is 9.59 Å². The highest BCUT2D eigenvalue weighted by molar-refractivity contribution is 6.28. The van der Waals surface area contributed by atoms with Gasteiger partial charge in [0.05, 0.1) is 17.3 Å². The molecule has 0 fully saturated rings. The highest BCUT2D eigenvalue weighted by Crippen LogP contribution is 2.25. The maximum atomic E-state index is 11.5. The molecule has 1 aliphatic heterocycles. The Kier molecular flexibility index (Phi) is 2.82. The van der Waals surface area contributed by atoms with E-state index in [0.29, 0.717) is 16.8 Å². The van der Waals surface area contributed by atoms with Crippen LogP contribution in [0.25, 0.3) is 5.57 Å². The third-order valence-electron chi connectivity index (χ3n) is 2.65. The van der Waals surface area contributed by atoms with Crippen LogP contribution in [-0.2, 0) is 9.59 Å². The Morgan fingerprint density at radius 2 is 1.89 bits per heavy atom. The van der Waals surface area contributed by atoms with Gasteiger partial charge in [-0.25, -0.2) is 4.90 Å². The van der Waals surface area contributed by atoms with E-state index in [9.17, 15) is 9.59 Å². The van der Waals surface area contributed by atoms with Crippen molar-refractivity contribution in [1.29, 1.82) is 5.26 Å². The van der Waals surface area contributed by atoms with Crippen LogP contribution in [0.3, 0.4) is 0 Å². The number of anilines is 1. The van der Waals surface area contributed by atoms with Gasteiger partial charge in [0.2, 0.25) is 0 Å². The van der Waals surface area contributed by atoms with Crippen molar-refractivity contribution in [2.45, 2.75) is 6.92 Å². The summed E-state index contributed by atoms with van der Waals surface area (Å²) in [5, 5.41) is 9.07. The molecule has 18 heavy (non-hydrogen) atoms. The van der Waals surface area contributed by atoms with Crippen LogP contribution in [0.1, 0.15) is 18.1 Å². The van der Waals surface area contributed by atoms with Crippen LogP contribution in [-0.4, -0.2) is 11.8 Å². The molecule has 0 saturated carbocycles. The first-order valence-corrected chi connectivity index (χ1v) is 5.30. The molecular weight excluding hydrogens is 228 g/mol. The van der Waals surface area contributed by atoms with E-state index in [4.69, 9.17) is 5.26 Å². The van der Waals surface area contributed by atoms with E-state index in [1.54, 1.807) is 19.1 Å². The molecule has 1 heterocycles. The Morgan fingerprint density at radius 1 is 1.28 bits per heavy atom. The van der Waals surface area contributed by atoms with Crippen molar-refractivity contribution in [3.63, 3.8) is 0 Å². The molecule has 0 spiro atoms. The highest BCUT2D eigenvalue weighted by Gasteiger charge is 2.25. The zero-order valence-corrected chi connectivity index (χ0v) is 9.80. The summed E-state index contributed by atoms with van der Waals surface area (Å²) in [6.07, 6.45) is 2.42. The van der Waals surface area contributed by atoms with Gasteiger partial charge in [0.15, 0.2) is 0 Å². The van der Waals surface area contributed by atoms with Crippen molar-refractivity contribution in [3.05, 3.63) is 48.1 Å². The molecule has 4 heteroatoms. The van der Waals surface area contributed by atoms with Crippen molar-refractivity contribution in [3.8, 4) is 6.07 Å². The first-order chi connectivity index (χ1) is 8.54. The molecule has 0 aromatic heterocycles. The van der Waals surface area contributed by atoms with Crippen LogP contribution in [0.5, 0.6) is 0 Å². The number of benzene rings is 1. The lowest BCUT2D eigenvalue weighted by atomic mass is 10.0. The molecule has 0 unspecified atom stereocenters. The number of imide groups is 1. The smallest absolute Gasteiger partial charge is 0.258 e. The Bertz CT molecular complexity index is 618. The molecule has 1 aliphatic rings. The fraction of sp³-hybridized carbons (Fsp3) is 0.0714. The fourth-order valence-corrected chi connectivity index (χ4v) is 1.79. The Balaban J connectivity index is 2.49. The normalized spacial score (nSPS) is 13.9. The predicted molar refractivity (Wildman–Crippen MR) is 67.5 cm³/mol. The average molecular weight is 238 g/mol. The molecule has 0 N–H and O–H groups in total. The minimum absolute atomic E-state index is 0.396. The SMILES string of the molecule is C=C(C)c1ccc(N2C(=O)C=CC2=O)cc1C#N. The maximum absolute atomic E-state index is 11.5. The van der Waals surface area contributed by atoms with Gasteiger partial charge in [-0.2, -0.15) is 5.26 Å². The van der Waals surface area contributed by atoms with Crippen LogP contribution in [0.4, 0.5) is 5.69 Å². The van der Waals surface area contributed by atoms with E-state index in [0.717, 1.165) is 10.5 Å². The summed E-state index contributed by atoms with van der Waals surface area (Å²) < 4.78 is 0. The summed E-state index contributed by atoms with van der Waals surface area (Å²) in [7, 11) is 0. The van der Waals surface area contributed by atoms with Crippen LogP contribution in [0.15, 0.2) is 36.9 Å². The number of amides is 2. The molecule has 0 bridgehead atoms. The molecule has 0 aliphatic carbocycles. The Hall–Kier alpha value is -2.67. The van der Waals surface area contributed by atoms with Gasteiger partial charge in [-0.05, 0) is 30.2 Å². The van der Waals surface area contributed by atoms with Gasteiger partial charge in [0.25, 0.3) is 11.8 Å². The second-order valence-corrected chi connectivity index (χ2v) is 3.97. The molecule has 1 aromatic carbocycles. The topological polar surface area (TPSA) is 61.2 Å². The summed E-state index contributed by atoms with van der Waals surface area (Å²) in [6, 6.07) is 6.88. The first-order valence-electron chi connectivity index (χ1n) is 5.30. The average Bonchev–Trinajstić information content (AvgIpc) is 2.68. The molecule has 1 aromatic rings. The second-order valence-electron chi connectivity index (χ2n) is 3.97. The molecule has 2 rings (SSSR count). The lowest BCUT2D eigenvalue weighted by Gasteiger charge is -2.15. The van der Waals surface area contributed by atoms with E-state index in [1.165, 1.54) is 18.2 Å².